The van der Waals surface area contributed by atoms with Crippen molar-refractivity contribution in [2.45, 2.75) is 85.0 Å². The fourth-order valence-electron chi connectivity index (χ4n) is 3.79. The first-order valence-electron chi connectivity index (χ1n) is 12.2. The van der Waals surface area contributed by atoms with Crippen LogP contribution in [0.2, 0.25) is 0 Å². The zero-order valence-corrected chi connectivity index (χ0v) is 23.7. The first-order chi connectivity index (χ1) is 16.2. The molecule has 200 valence electrons. The number of nitrogens with zero attached hydrogens (tertiary/aromatic N) is 3. The van der Waals surface area contributed by atoms with E-state index in [0.29, 0.717) is 11.4 Å². The van der Waals surface area contributed by atoms with E-state index in [-0.39, 0.29) is 42.0 Å². The van der Waals surface area contributed by atoms with Gasteiger partial charge in [0.05, 0.1) is 18.2 Å². The molecular weight excluding hydrogens is 468 g/mol. The Hall–Kier alpha value is -1.88. The van der Waals surface area contributed by atoms with Gasteiger partial charge < -0.3 is 9.84 Å². The summed E-state index contributed by atoms with van der Waals surface area (Å²) in [6.07, 6.45) is 0.158. The van der Waals surface area contributed by atoms with Crippen molar-refractivity contribution in [3.63, 3.8) is 0 Å². The maximum atomic E-state index is 13.4. The number of aliphatic hydroxyl groups is 1. The van der Waals surface area contributed by atoms with Crippen LogP contribution in [0.5, 0.6) is 0 Å². The van der Waals surface area contributed by atoms with Gasteiger partial charge in [0.2, 0.25) is 11.8 Å². The fourth-order valence-corrected chi connectivity index (χ4v) is 4.58. The highest BCUT2D eigenvalue weighted by Gasteiger charge is 2.38. The number of hydrogen-bond acceptors (Lipinski definition) is 9. The van der Waals surface area contributed by atoms with Crippen molar-refractivity contribution in [1.29, 1.82) is 0 Å². The van der Waals surface area contributed by atoms with Gasteiger partial charge in [-0.2, -0.15) is 0 Å². The van der Waals surface area contributed by atoms with Crippen molar-refractivity contribution >= 4 is 29.1 Å². The van der Waals surface area contributed by atoms with Crippen molar-refractivity contribution < 1.29 is 24.2 Å². The molecule has 2 amide bonds. The largest absolute Gasteiger partial charge is 0.461 e. The van der Waals surface area contributed by atoms with E-state index in [1.807, 2.05) is 39.6 Å². The molecule has 2 N–H and O–H groups in total. The molecular formula is C25H44N4O5S. The first-order valence-corrected chi connectivity index (χ1v) is 13.1. The van der Waals surface area contributed by atoms with Crippen LogP contribution in [0.15, 0.2) is 5.38 Å². The van der Waals surface area contributed by atoms with Crippen molar-refractivity contribution in [3.05, 3.63) is 16.1 Å². The number of aliphatic hydroxyl groups excluding tert-OH is 1. The Balaban J connectivity index is 3.12. The smallest absolute Gasteiger partial charge is 0.357 e. The Morgan fingerprint density at radius 1 is 1.17 bits per heavy atom. The van der Waals surface area contributed by atoms with Crippen LogP contribution >= 0.6 is 11.3 Å². The zero-order valence-electron chi connectivity index (χ0n) is 22.9. The number of hydrogen-bond donors (Lipinski definition) is 2. The van der Waals surface area contributed by atoms with Crippen LogP contribution in [0.4, 0.5) is 0 Å². The maximum absolute atomic E-state index is 13.4. The summed E-state index contributed by atoms with van der Waals surface area (Å²) in [5, 5.41) is 15.6. The molecule has 0 aliphatic heterocycles. The molecule has 0 saturated carbocycles. The molecule has 1 aromatic rings. The Bertz CT molecular complexity index is 855. The third-order valence-electron chi connectivity index (χ3n) is 6.85. The van der Waals surface area contributed by atoms with Crippen LogP contribution in [0.3, 0.4) is 0 Å². The minimum atomic E-state index is -0.909. The van der Waals surface area contributed by atoms with E-state index in [2.05, 4.69) is 10.3 Å². The van der Waals surface area contributed by atoms with Gasteiger partial charge >= 0.3 is 5.97 Å². The maximum Gasteiger partial charge on any atom is 0.357 e. The van der Waals surface area contributed by atoms with Gasteiger partial charge in [0.25, 0.3) is 0 Å². The van der Waals surface area contributed by atoms with Gasteiger partial charge in [-0.25, -0.2) is 9.78 Å². The fraction of sp³-hybridized carbons (Fsp3) is 0.760. The third-order valence-corrected chi connectivity index (χ3v) is 7.80. The second kappa shape index (κ2) is 13.4. The lowest BCUT2D eigenvalue weighted by atomic mass is 9.90. The Morgan fingerprint density at radius 2 is 1.77 bits per heavy atom. The number of imide groups is 1. The molecule has 0 bridgehead atoms. The molecule has 1 aromatic heterocycles. The monoisotopic (exact) mass is 512 g/mol. The van der Waals surface area contributed by atoms with Crippen LogP contribution in [0.1, 0.15) is 82.9 Å². The topological polar surface area (TPSA) is 112 Å². The number of esters is 1. The molecule has 0 radical (unpaired) electrons. The predicted octanol–water partition coefficient (Wildman–Crippen LogP) is 3.10. The van der Waals surface area contributed by atoms with Crippen LogP contribution in [-0.2, 0) is 14.3 Å². The standard InChI is InChI=1S/C25H44N4O5S/c1-11-16(5)20(21(31)27-24(33)25(6,7)28(8)9)29(10)18(15(3)4)13-19(30)22-26-17(14-35-22)23(32)34-12-2/h14-16,18-20,30H,11-13H2,1-10H3,(H,27,31,33)/t16-,18+,19+,20-/m0/s1. The molecule has 0 unspecified atom stereocenters. The Labute approximate surface area is 214 Å². The van der Waals surface area contributed by atoms with Crippen molar-refractivity contribution in [1.82, 2.24) is 20.1 Å². The number of amides is 2. The molecule has 4 atom stereocenters. The quantitative estimate of drug-likeness (QED) is 0.388. The van der Waals surface area contributed by atoms with E-state index in [1.54, 1.807) is 45.1 Å². The van der Waals surface area contributed by atoms with Gasteiger partial charge in [0.1, 0.15) is 11.1 Å². The molecule has 10 heteroatoms. The molecule has 0 spiro atoms. The summed E-state index contributed by atoms with van der Waals surface area (Å²) in [4.78, 5) is 46.2. The summed E-state index contributed by atoms with van der Waals surface area (Å²) < 4.78 is 4.99. The van der Waals surface area contributed by atoms with Gasteiger partial charge in [0, 0.05) is 11.4 Å². The molecule has 1 heterocycles. The normalized spacial score (nSPS) is 15.7. The lowest BCUT2D eigenvalue weighted by molar-refractivity contribution is -0.140. The molecule has 9 nitrogen and oxygen atoms in total. The average molecular weight is 513 g/mol. The van der Waals surface area contributed by atoms with E-state index in [9.17, 15) is 19.5 Å². The van der Waals surface area contributed by atoms with Crippen molar-refractivity contribution in [2.24, 2.45) is 11.8 Å². The highest BCUT2D eigenvalue weighted by molar-refractivity contribution is 7.09. The van der Waals surface area contributed by atoms with Gasteiger partial charge in [-0.1, -0.05) is 34.1 Å². The molecule has 0 saturated heterocycles. The summed E-state index contributed by atoms with van der Waals surface area (Å²) in [5.74, 6) is -1.14. The summed E-state index contributed by atoms with van der Waals surface area (Å²) >= 11 is 1.21. The van der Waals surface area contributed by atoms with E-state index in [4.69, 9.17) is 4.74 Å². The lowest BCUT2D eigenvalue weighted by Gasteiger charge is -2.40. The van der Waals surface area contributed by atoms with Crippen molar-refractivity contribution in [2.75, 3.05) is 27.7 Å². The van der Waals surface area contributed by atoms with Crippen molar-refractivity contribution in [3.8, 4) is 0 Å². The predicted molar refractivity (Wildman–Crippen MR) is 138 cm³/mol. The van der Waals surface area contributed by atoms with E-state index in [0.717, 1.165) is 6.42 Å². The van der Waals surface area contributed by atoms with Crippen LogP contribution in [0, 0.1) is 11.8 Å². The second-order valence-electron chi connectivity index (χ2n) is 10.1. The number of rotatable bonds is 13. The number of nitrogens with one attached hydrogen (secondary N) is 1. The third kappa shape index (κ3) is 8.06. The highest BCUT2D eigenvalue weighted by Crippen LogP contribution is 2.29. The molecule has 35 heavy (non-hydrogen) atoms. The second-order valence-corrected chi connectivity index (χ2v) is 11.0. The van der Waals surface area contributed by atoms with E-state index < -0.39 is 23.7 Å². The number of thiazole rings is 1. The number of carbonyl (C=O) groups excluding carboxylic acids is 3. The SMILES string of the molecule is CCOC(=O)c1csc([C@H](O)C[C@H](C(C)C)N(C)[C@H](C(=O)NC(=O)C(C)(C)N(C)C)[C@@H](C)CC)n1. The molecule has 1 rings (SSSR count). The number of aromatic nitrogens is 1. The number of ether oxygens (including phenoxy) is 1. The van der Waals surface area contributed by atoms with E-state index >= 15 is 0 Å². The molecule has 0 fully saturated rings. The summed E-state index contributed by atoms with van der Waals surface area (Å²) in [6, 6.07) is -0.741. The van der Waals surface area contributed by atoms with Gasteiger partial charge in [-0.15, -0.1) is 11.3 Å². The molecule has 0 aliphatic carbocycles. The number of carbonyl (C=O) groups is 3. The van der Waals surface area contributed by atoms with Gasteiger partial charge in [-0.3, -0.25) is 24.7 Å². The minimum absolute atomic E-state index is 0.0241. The Morgan fingerprint density at radius 3 is 2.26 bits per heavy atom. The molecule has 0 aromatic carbocycles. The summed E-state index contributed by atoms with van der Waals surface area (Å²) in [6.45, 7) is 13.6. The van der Waals surface area contributed by atoms with E-state index in [1.165, 1.54) is 11.3 Å². The minimum Gasteiger partial charge on any atom is -0.461 e. The number of likely N-dealkylation sites (N-methyl/N-ethyl adjacent to an activating group) is 2. The van der Waals surface area contributed by atoms with Gasteiger partial charge in [0.15, 0.2) is 5.69 Å². The van der Waals surface area contributed by atoms with Crippen LogP contribution < -0.4 is 5.32 Å². The van der Waals surface area contributed by atoms with Gasteiger partial charge in [-0.05, 0) is 60.2 Å². The highest BCUT2D eigenvalue weighted by atomic mass is 32.1. The van der Waals surface area contributed by atoms with Crippen LogP contribution in [-0.4, -0.2) is 83.0 Å². The summed E-state index contributed by atoms with van der Waals surface area (Å²) in [7, 11) is 5.45. The Kier molecular flexibility index (Phi) is 12.0. The first kappa shape index (κ1) is 31.2. The summed E-state index contributed by atoms with van der Waals surface area (Å²) in [5.41, 5.74) is -0.664. The van der Waals surface area contributed by atoms with Crippen LogP contribution in [0.25, 0.3) is 0 Å². The zero-order chi connectivity index (χ0) is 27.1. The molecule has 0 aliphatic rings. The lowest BCUT2D eigenvalue weighted by Crippen LogP contribution is -2.59. The average Bonchev–Trinajstić information content (AvgIpc) is 3.27.